The van der Waals surface area contributed by atoms with Crippen LogP contribution in [-0.2, 0) is 6.18 Å². The van der Waals surface area contributed by atoms with E-state index in [1.165, 1.54) is 6.07 Å². The zero-order valence-electron chi connectivity index (χ0n) is 15.2. The molecule has 2 fully saturated rings. The largest absolute Gasteiger partial charge is 0.433 e. The van der Waals surface area contributed by atoms with E-state index >= 15 is 0 Å². The van der Waals surface area contributed by atoms with Gasteiger partial charge in [0, 0.05) is 32.2 Å². The number of alkyl halides is 3. The minimum absolute atomic E-state index is 0.173. The molecular weight excluding hydrogens is 363 g/mol. The molecule has 2 saturated heterocycles. The molecule has 152 valence electrons. The smallest absolute Gasteiger partial charge is 0.389 e. The van der Waals surface area contributed by atoms with Gasteiger partial charge in [-0.1, -0.05) is 6.07 Å². The van der Waals surface area contributed by atoms with Crippen LogP contribution in [0.3, 0.4) is 0 Å². The zero-order chi connectivity index (χ0) is 19.8. The van der Waals surface area contributed by atoms with E-state index in [-0.39, 0.29) is 18.5 Å². The highest BCUT2D eigenvalue weighted by atomic mass is 19.4. The van der Waals surface area contributed by atoms with Crippen molar-refractivity contribution in [2.75, 3.05) is 31.1 Å². The van der Waals surface area contributed by atoms with Gasteiger partial charge in [-0.15, -0.1) is 0 Å². The maximum absolute atomic E-state index is 12.9. The summed E-state index contributed by atoms with van der Waals surface area (Å²) in [5, 5.41) is 29.8. The molecule has 6 nitrogen and oxygen atoms in total. The van der Waals surface area contributed by atoms with E-state index in [1.807, 2.05) is 9.80 Å². The van der Waals surface area contributed by atoms with Crippen molar-refractivity contribution in [2.24, 2.45) is 5.92 Å². The molecule has 9 heteroatoms. The number of nitrogens with zero attached hydrogens (tertiary/aromatic N) is 3. The van der Waals surface area contributed by atoms with E-state index in [2.05, 4.69) is 4.98 Å². The highest BCUT2D eigenvalue weighted by Crippen LogP contribution is 2.30. The van der Waals surface area contributed by atoms with Gasteiger partial charge in [0.15, 0.2) is 0 Å². The van der Waals surface area contributed by atoms with Crippen LogP contribution in [0.4, 0.5) is 19.0 Å². The molecule has 1 aromatic heterocycles. The normalized spacial score (nSPS) is 33.3. The Morgan fingerprint density at radius 3 is 2.59 bits per heavy atom. The van der Waals surface area contributed by atoms with Crippen LogP contribution in [0.25, 0.3) is 0 Å². The predicted molar refractivity (Wildman–Crippen MR) is 93.2 cm³/mol. The van der Waals surface area contributed by atoms with E-state index in [9.17, 15) is 28.5 Å². The molecule has 2 aliphatic rings. The molecular formula is C18H26F3N3O3. The fraction of sp³-hybridized carbons (Fsp3) is 0.722. The number of β-amino-alcohol motifs (C(OH)–C–C–N with tert-alkyl or cyclic N) is 1. The Kier molecular flexibility index (Phi) is 5.95. The molecule has 0 bridgehead atoms. The van der Waals surface area contributed by atoms with E-state index in [0.717, 1.165) is 18.9 Å². The number of aliphatic hydroxyl groups excluding tert-OH is 3. The van der Waals surface area contributed by atoms with Crippen LogP contribution >= 0.6 is 0 Å². The number of likely N-dealkylation sites (tertiary alicyclic amines) is 1. The first-order valence-corrected chi connectivity index (χ1v) is 9.24. The Morgan fingerprint density at radius 2 is 1.89 bits per heavy atom. The van der Waals surface area contributed by atoms with Gasteiger partial charge in [-0.3, -0.25) is 4.90 Å². The second-order valence-corrected chi connectivity index (χ2v) is 7.58. The summed E-state index contributed by atoms with van der Waals surface area (Å²) in [6.07, 6.45) is -5.93. The minimum Gasteiger partial charge on any atom is -0.389 e. The van der Waals surface area contributed by atoms with Gasteiger partial charge in [0.1, 0.15) is 17.6 Å². The molecule has 0 amide bonds. The van der Waals surface area contributed by atoms with Crippen molar-refractivity contribution >= 4 is 5.82 Å². The van der Waals surface area contributed by atoms with Crippen LogP contribution < -0.4 is 4.90 Å². The number of rotatable bonds is 3. The van der Waals surface area contributed by atoms with Crippen LogP contribution in [-0.4, -0.2) is 75.7 Å². The van der Waals surface area contributed by atoms with Gasteiger partial charge in [-0.25, -0.2) is 4.98 Å². The SMILES string of the molecule is C[C@@H]1[C@@H](O)[C@H](O)[C@@H](O)CN1C[C@H]1CCCN(c2cccc(C(F)(F)F)n2)C1. The molecule has 3 N–H and O–H groups in total. The molecule has 27 heavy (non-hydrogen) atoms. The molecule has 2 aliphatic heterocycles. The van der Waals surface area contributed by atoms with Gasteiger partial charge in [0.2, 0.25) is 0 Å². The number of piperidine rings is 2. The Morgan fingerprint density at radius 1 is 1.15 bits per heavy atom. The monoisotopic (exact) mass is 389 g/mol. The summed E-state index contributed by atoms with van der Waals surface area (Å²) in [5.41, 5.74) is -0.896. The predicted octanol–water partition coefficient (Wildman–Crippen LogP) is 1.10. The third-order valence-corrected chi connectivity index (χ3v) is 5.60. The number of hydrogen-bond donors (Lipinski definition) is 3. The standard InChI is InChI=1S/C18H26F3N3O3/c1-11-16(26)17(27)13(25)10-24(11)9-12-4-3-7-23(8-12)15-6-2-5-14(22-15)18(19,20)21/h2,5-6,11-13,16-17,25-27H,3-4,7-10H2,1H3/t11-,12+,13+,16-,17-/m1/s1. The van der Waals surface area contributed by atoms with Crippen molar-refractivity contribution in [1.29, 1.82) is 0 Å². The molecule has 0 radical (unpaired) electrons. The van der Waals surface area contributed by atoms with Gasteiger partial charge in [-0.05, 0) is 37.8 Å². The van der Waals surface area contributed by atoms with Crippen molar-refractivity contribution in [3.05, 3.63) is 23.9 Å². The maximum Gasteiger partial charge on any atom is 0.433 e. The number of hydrogen-bond acceptors (Lipinski definition) is 6. The molecule has 0 aliphatic carbocycles. The lowest BCUT2D eigenvalue weighted by Crippen LogP contribution is -2.61. The molecule has 0 saturated carbocycles. The van der Waals surface area contributed by atoms with Crippen LogP contribution in [0.2, 0.25) is 0 Å². The van der Waals surface area contributed by atoms with E-state index in [1.54, 1.807) is 13.0 Å². The third kappa shape index (κ3) is 4.53. The van der Waals surface area contributed by atoms with Gasteiger partial charge in [0.25, 0.3) is 0 Å². The van der Waals surface area contributed by atoms with E-state index in [4.69, 9.17) is 0 Å². The minimum atomic E-state index is -4.47. The Bertz CT molecular complexity index is 646. The molecule has 3 heterocycles. The first kappa shape index (κ1) is 20.3. The highest BCUT2D eigenvalue weighted by molar-refractivity contribution is 5.40. The molecule has 0 spiro atoms. The fourth-order valence-electron chi connectivity index (χ4n) is 4.00. The first-order chi connectivity index (χ1) is 12.7. The summed E-state index contributed by atoms with van der Waals surface area (Å²) < 4.78 is 38.7. The molecule has 1 aromatic rings. The number of aliphatic hydroxyl groups is 3. The molecule has 0 unspecified atom stereocenters. The summed E-state index contributed by atoms with van der Waals surface area (Å²) in [5.74, 6) is 0.490. The number of anilines is 1. The zero-order valence-corrected chi connectivity index (χ0v) is 15.2. The van der Waals surface area contributed by atoms with Crippen LogP contribution in [0.5, 0.6) is 0 Å². The quantitative estimate of drug-likeness (QED) is 0.719. The highest BCUT2D eigenvalue weighted by Gasteiger charge is 2.40. The summed E-state index contributed by atoms with van der Waals surface area (Å²) in [7, 11) is 0. The Labute approximate surface area is 156 Å². The summed E-state index contributed by atoms with van der Waals surface area (Å²) >= 11 is 0. The summed E-state index contributed by atoms with van der Waals surface area (Å²) in [4.78, 5) is 7.57. The topological polar surface area (TPSA) is 80.1 Å². The number of pyridine rings is 1. The summed E-state index contributed by atoms with van der Waals surface area (Å²) in [6, 6.07) is 3.63. The van der Waals surface area contributed by atoms with Gasteiger partial charge < -0.3 is 20.2 Å². The van der Waals surface area contributed by atoms with Crippen LogP contribution in [0, 0.1) is 5.92 Å². The van der Waals surface area contributed by atoms with Crippen molar-refractivity contribution in [3.63, 3.8) is 0 Å². The average Bonchev–Trinajstić information content (AvgIpc) is 2.64. The molecule has 5 atom stereocenters. The van der Waals surface area contributed by atoms with Gasteiger partial charge >= 0.3 is 6.18 Å². The summed E-state index contributed by atoms with van der Waals surface area (Å²) in [6.45, 7) is 3.86. The Hall–Kier alpha value is -1.42. The van der Waals surface area contributed by atoms with Crippen molar-refractivity contribution in [1.82, 2.24) is 9.88 Å². The first-order valence-electron chi connectivity index (χ1n) is 9.24. The lowest BCUT2D eigenvalue weighted by Gasteiger charge is -2.45. The van der Waals surface area contributed by atoms with Crippen LogP contribution in [0.1, 0.15) is 25.5 Å². The number of aromatic nitrogens is 1. The second-order valence-electron chi connectivity index (χ2n) is 7.58. The molecule has 0 aromatic carbocycles. The Balaban J connectivity index is 1.66. The van der Waals surface area contributed by atoms with Gasteiger partial charge in [-0.2, -0.15) is 13.2 Å². The second kappa shape index (κ2) is 7.90. The van der Waals surface area contributed by atoms with E-state index < -0.39 is 30.2 Å². The lowest BCUT2D eigenvalue weighted by atomic mass is 9.91. The van der Waals surface area contributed by atoms with Crippen LogP contribution in [0.15, 0.2) is 18.2 Å². The average molecular weight is 389 g/mol. The number of halogens is 3. The van der Waals surface area contributed by atoms with Gasteiger partial charge in [0.05, 0.1) is 12.2 Å². The third-order valence-electron chi connectivity index (χ3n) is 5.60. The van der Waals surface area contributed by atoms with Crippen molar-refractivity contribution in [2.45, 2.75) is 50.3 Å². The maximum atomic E-state index is 12.9. The van der Waals surface area contributed by atoms with E-state index in [0.29, 0.717) is 25.5 Å². The fourth-order valence-corrected chi connectivity index (χ4v) is 4.00. The molecule has 3 rings (SSSR count). The van der Waals surface area contributed by atoms with Crippen molar-refractivity contribution in [3.8, 4) is 0 Å². The lowest BCUT2D eigenvalue weighted by molar-refractivity contribution is -0.141. The van der Waals surface area contributed by atoms with Crippen molar-refractivity contribution < 1.29 is 28.5 Å².